The molecule has 0 unspecified atom stereocenters. The van der Waals surface area contributed by atoms with Crippen molar-refractivity contribution < 1.29 is 14.3 Å². The van der Waals surface area contributed by atoms with Gasteiger partial charge in [-0.25, -0.2) is 0 Å². The number of carbonyl (C=O) groups excluding carboxylic acids is 1. The highest BCUT2D eigenvalue weighted by Crippen LogP contribution is 2.28. The molecule has 0 spiro atoms. The van der Waals surface area contributed by atoms with Gasteiger partial charge in [-0.2, -0.15) is 0 Å². The molecule has 0 saturated heterocycles. The van der Waals surface area contributed by atoms with Gasteiger partial charge in [-0.15, -0.1) is 0 Å². The second kappa shape index (κ2) is 9.43. The van der Waals surface area contributed by atoms with Crippen molar-refractivity contribution in [3.63, 3.8) is 0 Å². The summed E-state index contributed by atoms with van der Waals surface area (Å²) in [5.74, 6) is 1.88. The van der Waals surface area contributed by atoms with Gasteiger partial charge in [-0.1, -0.05) is 38.7 Å². The van der Waals surface area contributed by atoms with Crippen LogP contribution in [0.1, 0.15) is 57.4 Å². The van der Waals surface area contributed by atoms with Gasteiger partial charge in [0.25, 0.3) is 0 Å². The number of methoxy groups -OCH3 is 1. The lowest BCUT2D eigenvalue weighted by Crippen LogP contribution is -2.31. The molecule has 0 heterocycles. The molecular weight excluding hydrogens is 290 g/mol. The van der Waals surface area contributed by atoms with Crippen LogP contribution in [0.3, 0.4) is 0 Å². The van der Waals surface area contributed by atoms with Crippen LogP contribution in [0.4, 0.5) is 0 Å². The summed E-state index contributed by atoms with van der Waals surface area (Å²) < 4.78 is 11.1. The van der Waals surface area contributed by atoms with E-state index in [-0.39, 0.29) is 11.8 Å². The molecule has 23 heavy (non-hydrogen) atoms. The van der Waals surface area contributed by atoms with Crippen molar-refractivity contribution in [1.82, 2.24) is 5.32 Å². The molecule has 0 bridgehead atoms. The monoisotopic (exact) mass is 319 g/mol. The predicted molar refractivity (Wildman–Crippen MR) is 91.8 cm³/mol. The minimum atomic E-state index is 0.187. The van der Waals surface area contributed by atoms with Gasteiger partial charge in [0, 0.05) is 12.5 Å². The van der Waals surface area contributed by atoms with Crippen molar-refractivity contribution in [2.75, 3.05) is 13.7 Å². The summed E-state index contributed by atoms with van der Waals surface area (Å²) >= 11 is 0. The third-order valence-electron chi connectivity index (χ3n) is 4.43. The van der Waals surface area contributed by atoms with E-state index in [1.807, 2.05) is 18.2 Å². The zero-order chi connectivity index (χ0) is 16.5. The molecule has 1 aliphatic rings. The lowest BCUT2D eigenvalue weighted by Gasteiger charge is -2.21. The van der Waals surface area contributed by atoms with Gasteiger partial charge in [0.1, 0.15) is 0 Å². The van der Waals surface area contributed by atoms with Crippen molar-refractivity contribution in [1.29, 1.82) is 0 Å². The van der Waals surface area contributed by atoms with E-state index in [2.05, 4.69) is 12.2 Å². The number of unbranched alkanes of at least 4 members (excludes halogenated alkanes) is 1. The minimum Gasteiger partial charge on any atom is -0.493 e. The molecule has 4 heteroatoms. The third-order valence-corrected chi connectivity index (χ3v) is 4.43. The normalized spacial score (nSPS) is 15.2. The molecule has 2 rings (SSSR count). The van der Waals surface area contributed by atoms with E-state index in [0.29, 0.717) is 13.2 Å². The van der Waals surface area contributed by atoms with Gasteiger partial charge < -0.3 is 14.8 Å². The van der Waals surface area contributed by atoms with E-state index >= 15 is 0 Å². The molecule has 1 aromatic rings. The lowest BCUT2D eigenvalue weighted by atomic mass is 9.88. The van der Waals surface area contributed by atoms with Gasteiger partial charge in [0.05, 0.1) is 13.7 Å². The average Bonchev–Trinajstić information content (AvgIpc) is 2.61. The molecule has 128 valence electrons. The zero-order valence-corrected chi connectivity index (χ0v) is 14.4. The van der Waals surface area contributed by atoms with Crippen LogP contribution in [-0.4, -0.2) is 19.6 Å². The standard InChI is InChI=1S/C19H29NO3/c1-3-4-12-23-17-11-10-15(13-18(17)22-2)14-20-19(21)16-8-6-5-7-9-16/h10-11,13,16H,3-9,12,14H2,1-2H3,(H,20,21). The van der Waals surface area contributed by atoms with Gasteiger partial charge in [0.15, 0.2) is 11.5 Å². The number of hydrogen-bond acceptors (Lipinski definition) is 3. The van der Waals surface area contributed by atoms with Crippen LogP contribution in [0.25, 0.3) is 0 Å². The molecule has 0 atom stereocenters. The van der Waals surface area contributed by atoms with Crippen molar-refractivity contribution in [2.45, 2.75) is 58.4 Å². The highest BCUT2D eigenvalue weighted by molar-refractivity contribution is 5.78. The number of benzene rings is 1. The molecule has 1 amide bonds. The number of hydrogen-bond donors (Lipinski definition) is 1. The van der Waals surface area contributed by atoms with Gasteiger partial charge in [-0.05, 0) is 37.0 Å². The summed E-state index contributed by atoms with van der Waals surface area (Å²) in [6, 6.07) is 5.87. The van der Waals surface area contributed by atoms with Crippen molar-refractivity contribution >= 4 is 5.91 Å². The van der Waals surface area contributed by atoms with E-state index in [4.69, 9.17) is 9.47 Å². The van der Waals surface area contributed by atoms with Crippen LogP contribution in [0.2, 0.25) is 0 Å². The molecule has 1 N–H and O–H groups in total. The quantitative estimate of drug-likeness (QED) is 0.735. The first-order chi connectivity index (χ1) is 11.2. The Morgan fingerprint density at radius 2 is 2.00 bits per heavy atom. The van der Waals surface area contributed by atoms with Gasteiger partial charge in [-0.3, -0.25) is 4.79 Å². The maximum Gasteiger partial charge on any atom is 0.223 e. The number of amides is 1. The first kappa shape index (κ1) is 17.6. The molecule has 0 radical (unpaired) electrons. The summed E-state index contributed by atoms with van der Waals surface area (Å²) in [6.45, 7) is 3.38. The summed E-state index contributed by atoms with van der Waals surface area (Å²) in [4.78, 5) is 12.2. The van der Waals surface area contributed by atoms with Crippen LogP contribution in [0, 0.1) is 5.92 Å². The fraction of sp³-hybridized carbons (Fsp3) is 0.632. The zero-order valence-electron chi connectivity index (χ0n) is 14.4. The van der Waals surface area contributed by atoms with Gasteiger partial charge in [0.2, 0.25) is 5.91 Å². The second-order valence-corrected chi connectivity index (χ2v) is 6.24. The van der Waals surface area contributed by atoms with E-state index in [9.17, 15) is 4.79 Å². The fourth-order valence-electron chi connectivity index (χ4n) is 2.97. The molecule has 1 aliphatic carbocycles. The maximum absolute atomic E-state index is 12.2. The summed E-state index contributed by atoms with van der Waals surface area (Å²) in [5, 5.41) is 3.06. The molecule has 1 fully saturated rings. The van der Waals surface area contributed by atoms with E-state index < -0.39 is 0 Å². The minimum absolute atomic E-state index is 0.187. The number of rotatable bonds is 8. The highest BCUT2D eigenvalue weighted by Gasteiger charge is 2.20. The Bertz CT molecular complexity index is 495. The van der Waals surface area contributed by atoms with Crippen LogP contribution >= 0.6 is 0 Å². The predicted octanol–water partition coefficient (Wildman–Crippen LogP) is 4.07. The van der Waals surface area contributed by atoms with E-state index in [0.717, 1.165) is 42.7 Å². The Labute approximate surface area is 139 Å². The van der Waals surface area contributed by atoms with Crippen LogP contribution < -0.4 is 14.8 Å². The topological polar surface area (TPSA) is 47.6 Å². The fourth-order valence-corrected chi connectivity index (χ4v) is 2.97. The summed E-state index contributed by atoms with van der Waals surface area (Å²) in [7, 11) is 1.65. The Kier molecular flexibility index (Phi) is 7.24. The maximum atomic E-state index is 12.2. The van der Waals surface area contributed by atoms with E-state index in [1.54, 1.807) is 7.11 Å². The van der Waals surface area contributed by atoms with Gasteiger partial charge >= 0.3 is 0 Å². The second-order valence-electron chi connectivity index (χ2n) is 6.24. The summed E-state index contributed by atoms with van der Waals surface area (Å²) in [5.41, 5.74) is 1.04. The van der Waals surface area contributed by atoms with Crippen LogP contribution in [-0.2, 0) is 11.3 Å². The Hall–Kier alpha value is -1.71. The van der Waals surface area contributed by atoms with Crippen molar-refractivity contribution in [3.05, 3.63) is 23.8 Å². The van der Waals surface area contributed by atoms with Crippen molar-refractivity contribution in [3.8, 4) is 11.5 Å². The van der Waals surface area contributed by atoms with E-state index in [1.165, 1.54) is 19.3 Å². The number of ether oxygens (including phenoxy) is 2. The third kappa shape index (κ3) is 5.45. The molecule has 1 saturated carbocycles. The Morgan fingerprint density at radius 3 is 2.70 bits per heavy atom. The molecule has 1 aromatic carbocycles. The van der Waals surface area contributed by atoms with Crippen molar-refractivity contribution in [2.24, 2.45) is 5.92 Å². The molecule has 0 aliphatic heterocycles. The average molecular weight is 319 g/mol. The summed E-state index contributed by atoms with van der Waals surface area (Å²) in [6.07, 6.45) is 7.81. The lowest BCUT2D eigenvalue weighted by molar-refractivity contribution is -0.126. The molecule has 4 nitrogen and oxygen atoms in total. The first-order valence-electron chi connectivity index (χ1n) is 8.82. The SMILES string of the molecule is CCCCOc1ccc(CNC(=O)C2CCCCC2)cc1OC. The number of nitrogens with one attached hydrogen (secondary N) is 1. The largest absolute Gasteiger partial charge is 0.493 e. The smallest absolute Gasteiger partial charge is 0.223 e. The van der Waals surface area contributed by atoms with Crippen LogP contribution in [0.15, 0.2) is 18.2 Å². The molecule has 0 aromatic heterocycles. The Morgan fingerprint density at radius 1 is 1.22 bits per heavy atom. The van der Waals surface area contributed by atoms with Crippen LogP contribution in [0.5, 0.6) is 11.5 Å². The number of carbonyl (C=O) groups is 1. The Balaban J connectivity index is 1.88. The molecular formula is C19H29NO3. The highest BCUT2D eigenvalue weighted by atomic mass is 16.5. The first-order valence-corrected chi connectivity index (χ1v) is 8.82.